The molecular formula is C16H26N2. The predicted octanol–water partition coefficient (Wildman–Crippen LogP) is 2.99. The number of likely N-dealkylation sites (tertiary alicyclic amines) is 1. The third kappa shape index (κ3) is 3.56. The number of nitrogens with one attached hydrogen (secondary N) is 1. The average molecular weight is 246 g/mol. The summed E-state index contributed by atoms with van der Waals surface area (Å²) in [6.07, 6.45) is 2.72. The van der Waals surface area contributed by atoms with Crippen LogP contribution in [0.3, 0.4) is 0 Å². The van der Waals surface area contributed by atoms with E-state index in [0.29, 0.717) is 6.04 Å². The zero-order chi connectivity index (χ0) is 13.0. The Bertz CT molecular complexity index is 375. The summed E-state index contributed by atoms with van der Waals surface area (Å²) in [5.41, 5.74) is 2.82. The second kappa shape index (κ2) is 6.35. The summed E-state index contributed by atoms with van der Waals surface area (Å²) in [7, 11) is 2.23. The highest BCUT2D eigenvalue weighted by Gasteiger charge is 2.18. The van der Waals surface area contributed by atoms with Gasteiger partial charge in [0.2, 0.25) is 0 Å². The Morgan fingerprint density at radius 2 is 2.17 bits per heavy atom. The molecular weight excluding hydrogens is 220 g/mol. The lowest BCUT2D eigenvalue weighted by Gasteiger charge is -2.30. The molecule has 1 fully saturated rings. The van der Waals surface area contributed by atoms with Crippen LogP contribution in [-0.4, -0.2) is 31.6 Å². The third-order valence-corrected chi connectivity index (χ3v) is 4.09. The van der Waals surface area contributed by atoms with Gasteiger partial charge < -0.3 is 10.2 Å². The minimum absolute atomic E-state index is 0.457. The van der Waals surface area contributed by atoms with E-state index in [1.807, 2.05) is 0 Å². The molecule has 1 aliphatic rings. The topological polar surface area (TPSA) is 15.3 Å². The van der Waals surface area contributed by atoms with Gasteiger partial charge in [0.05, 0.1) is 0 Å². The average Bonchev–Trinajstić information content (AvgIpc) is 2.37. The molecule has 1 unspecified atom stereocenters. The van der Waals surface area contributed by atoms with Crippen LogP contribution in [-0.2, 0) is 0 Å². The molecule has 100 valence electrons. The molecule has 1 saturated heterocycles. The van der Waals surface area contributed by atoms with Crippen LogP contribution in [0.2, 0.25) is 0 Å². The van der Waals surface area contributed by atoms with Crippen molar-refractivity contribution in [2.75, 3.05) is 26.7 Å². The van der Waals surface area contributed by atoms with E-state index in [9.17, 15) is 0 Å². The van der Waals surface area contributed by atoms with Gasteiger partial charge in [-0.25, -0.2) is 0 Å². The van der Waals surface area contributed by atoms with Gasteiger partial charge in [-0.3, -0.25) is 0 Å². The molecule has 0 aromatic heterocycles. The number of nitrogens with zero attached hydrogens (tertiary/aromatic N) is 1. The summed E-state index contributed by atoms with van der Waals surface area (Å²) in [5, 5.41) is 3.70. The number of aryl methyl sites for hydroxylation is 1. The van der Waals surface area contributed by atoms with Gasteiger partial charge in [0.25, 0.3) is 0 Å². The Morgan fingerprint density at radius 3 is 2.89 bits per heavy atom. The van der Waals surface area contributed by atoms with Crippen molar-refractivity contribution in [1.29, 1.82) is 0 Å². The van der Waals surface area contributed by atoms with Crippen molar-refractivity contribution in [2.45, 2.75) is 32.7 Å². The minimum Gasteiger partial charge on any atom is -0.310 e. The molecule has 1 aromatic rings. The summed E-state index contributed by atoms with van der Waals surface area (Å²) in [6.45, 7) is 8.12. The van der Waals surface area contributed by atoms with E-state index in [0.717, 1.165) is 12.5 Å². The highest BCUT2D eigenvalue weighted by Crippen LogP contribution is 2.19. The van der Waals surface area contributed by atoms with E-state index in [1.165, 1.54) is 37.1 Å². The molecule has 18 heavy (non-hydrogen) atoms. The van der Waals surface area contributed by atoms with Crippen molar-refractivity contribution in [2.24, 2.45) is 5.92 Å². The summed E-state index contributed by atoms with van der Waals surface area (Å²) < 4.78 is 0. The van der Waals surface area contributed by atoms with Gasteiger partial charge in [-0.1, -0.05) is 24.3 Å². The van der Waals surface area contributed by atoms with Gasteiger partial charge in [0, 0.05) is 12.6 Å². The van der Waals surface area contributed by atoms with Gasteiger partial charge in [-0.15, -0.1) is 0 Å². The molecule has 1 aliphatic heterocycles. The van der Waals surface area contributed by atoms with Crippen LogP contribution in [0.1, 0.15) is 36.9 Å². The monoisotopic (exact) mass is 246 g/mol. The van der Waals surface area contributed by atoms with Gasteiger partial charge >= 0.3 is 0 Å². The fourth-order valence-electron chi connectivity index (χ4n) is 2.97. The first kappa shape index (κ1) is 13.6. The Morgan fingerprint density at radius 1 is 1.39 bits per heavy atom. The number of piperidine rings is 1. The molecule has 0 bridgehead atoms. The second-order valence-corrected chi connectivity index (χ2v) is 5.76. The molecule has 1 N–H and O–H groups in total. The number of hydrogen-bond acceptors (Lipinski definition) is 2. The first-order valence-corrected chi connectivity index (χ1v) is 7.14. The first-order chi connectivity index (χ1) is 8.66. The van der Waals surface area contributed by atoms with Crippen molar-refractivity contribution in [3.05, 3.63) is 35.4 Å². The SMILES string of the molecule is Cc1ccccc1[C@H](C)NCC1CCCN(C)C1. The van der Waals surface area contributed by atoms with Crippen molar-refractivity contribution in [3.8, 4) is 0 Å². The predicted molar refractivity (Wildman–Crippen MR) is 77.8 cm³/mol. The van der Waals surface area contributed by atoms with Crippen molar-refractivity contribution < 1.29 is 0 Å². The van der Waals surface area contributed by atoms with Crippen molar-refractivity contribution >= 4 is 0 Å². The molecule has 2 rings (SSSR count). The Kier molecular flexibility index (Phi) is 4.79. The lowest BCUT2D eigenvalue weighted by molar-refractivity contribution is 0.203. The highest BCUT2D eigenvalue weighted by molar-refractivity contribution is 5.28. The zero-order valence-corrected chi connectivity index (χ0v) is 11.9. The largest absolute Gasteiger partial charge is 0.310 e. The Hall–Kier alpha value is -0.860. The Labute approximate surface area is 111 Å². The summed E-state index contributed by atoms with van der Waals surface area (Å²) in [6, 6.07) is 9.14. The van der Waals surface area contributed by atoms with E-state index in [4.69, 9.17) is 0 Å². The van der Waals surface area contributed by atoms with E-state index in [-0.39, 0.29) is 0 Å². The quantitative estimate of drug-likeness (QED) is 0.878. The number of rotatable bonds is 4. The van der Waals surface area contributed by atoms with E-state index >= 15 is 0 Å². The molecule has 0 amide bonds. The maximum Gasteiger partial charge on any atom is 0.0294 e. The Balaban J connectivity index is 1.84. The van der Waals surface area contributed by atoms with Gasteiger partial charge in [-0.2, -0.15) is 0 Å². The minimum atomic E-state index is 0.457. The van der Waals surface area contributed by atoms with Crippen LogP contribution < -0.4 is 5.32 Å². The highest BCUT2D eigenvalue weighted by atomic mass is 15.1. The molecule has 2 heteroatoms. The fourth-order valence-corrected chi connectivity index (χ4v) is 2.97. The smallest absolute Gasteiger partial charge is 0.0294 e. The normalized spacial score (nSPS) is 22.9. The maximum absolute atomic E-state index is 3.70. The molecule has 2 atom stereocenters. The number of hydrogen-bond donors (Lipinski definition) is 1. The van der Waals surface area contributed by atoms with Crippen LogP contribution in [0.5, 0.6) is 0 Å². The third-order valence-electron chi connectivity index (χ3n) is 4.09. The molecule has 0 saturated carbocycles. The summed E-state index contributed by atoms with van der Waals surface area (Å²) in [4.78, 5) is 2.45. The van der Waals surface area contributed by atoms with Crippen LogP contribution >= 0.6 is 0 Å². The van der Waals surface area contributed by atoms with Gasteiger partial charge in [0.15, 0.2) is 0 Å². The number of benzene rings is 1. The zero-order valence-electron chi connectivity index (χ0n) is 11.9. The molecule has 1 aromatic carbocycles. The fraction of sp³-hybridized carbons (Fsp3) is 0.625. The molecule has 0 radical (unpaired) electrons. The molecule has 2 nitrogen and oxygen atoms in total. The maximum atomic E-state index is 3.70. The second-order valence-electron chi connectivity index (χ2n) is 5.76. The molecule has 1 heterocycles. The van der Waals surface area contributed by atoms with Crippen molar-refractivity contribution in [1.82, 2.24) is 10.2 Å². The molecule has 0 aliphatic carbocycles. The summed E-state index contributed by atoms with van der Waals surface area (Å²) in [5.74, 6) is 0.815. The van der Waals surface area contributed by atoms with Crippen LogP contribution in [0.4, 0.5) is 0 Å². The van der Waals surface area contributed by atoms with Crippen molar-refractivity contribution in [3.63, 3.8) is 0 Å². The standard InChI is InChI=1S/C16H26N2/c1-13-7-4-5-9-16(13)14(2)17-11-15-8-6-10-18(3)12-15/h4-5,7,9,14-15,17H,6,8,10-12H2,1-3H3/t14-,15?/m0/s1. The first-order valence-electron chi connectivity index (χ1n) is 7.14. The lowest BCUT2D eigenvalue weighted by atomic mass is 9.97. The van der Waals surface area contributed by atoms with E-state index < -0.39 is 0 Å². The van der Waals surface area contributed by atoms with Gasteiger partial charge in [0.1, 0.15) is 0 Å². The van der Waals surface area contributed by atoms with E-state index in [1.54, 1.807) is 0 Å². The van der Waals surface area contributed by atoms with E-state index in [2.05, 4.69) is 55.4 Å². The van der Waals surface area contributed by atoms with Crippen LogP contribution in [0, 0.1) is 12.8 Å². The molecule has 0 spiro atoms. The summed E-state index contributed by atoms with van der Waals surface area (Å²) >= 11 is 0. The lowest BCUT2D eigenvalue weighted by Crippen LogP contribution is -2.38. The van der Waals surface area contributed by atoms with Crippen LogP contribution in [0.15, 0.2) is 24.3 Å². The van der Waals surface area contributed by atoms with Crippen LogP contribution in [0.25, 0.3) is 0 Å². The van der Waals surface area contributed by atoms with Gasteiger partial charge in [-0.05, 0) is 63.9 Å².